The molecule has 1 amide bonds. The largest absolute Gasteiger partial charge is 0.478 e. The molecule has 0 aliphatic rings. The van der Waals surface area contributed by atoms with Gasteiger partial charge in [-0.15, -0.1) is 11.3 Å². The lowest BCUT2D eigenvalue weighted by molar-refractivity contribution is 0.0696. The summed E-state index contributed by atoms with van der Waals surface area (Å²) in [4.78, 5) is 21.5. The van der Waals surface area contributed by atoms with Gasteiger partial charge >= 0.3 is 5.97 Å². The molecule has 3 N–H and O–H groups in total. The number of rotatable bonds is 2. The summed E-state index contributed by atoms with van der Waals surface area (Å²) in [5.74, 6) is -1.61. The number of hydrogen-bond acceptors (Lipinski definition) is 3. The molecule has 1 aromatic rings. The van der Waals surface area contributed by atoms with Crippen molar-refractivity contribution in [3.8, 4) is 0 Å². The number of nitrogens with two attached hydrogens (primary N) is 1. The summed E-state index contributed by atoms with van der Waals surface area (Å²) in [7, 11) is 0. The number of primary amides is 1. The van der Waals surface area contributed by atoms with Crippen LogP contribution < -0.4 is 5.73 Å². The standard InChI is InChI=1S/C7H7NO3S/c1-3-4(7(10)11)2-12-5(3)6(8)9/h2H,1H3,(H2,8,9)(H,10,11). The minimum Gasteiger partial charge on any atom is -0.478 e. The molecule has 1 heterocycles. The number of amides is 1. The summed E-state index contributed by atoms with van der Waals surface area (Å²) in [5, 5.41) is 10.0. The molecule has 4 nitrogen and oxygen atoms in total. The molecule has 0 aromatic carbocycles. The highest BCUT2D eigenvalue weighted by Gasteiger charge is 2.15. The zero-order chi connectivity index (χ0) is 9.30. The second-order valence-corrected chi connectivity index (χ2v) is 3.15. The number of carbonyl (C=O) groups is 2. The topological polar surface area (TPSA) is 80.4 Å². The van der Waals surface area contributed by atoms with E-state index < -0.39 is 11.9 Å². The van der Waals surface area contributed by atoms with E-state index in [1.54, 1.807) is 6.92 Å². The highest BCUT2D eigenvalue weighted by Crippen LogP contribution is 2.20. The van der Waals surface area contributed by atoms with E-state index in [4.69, 9.17) is 10.8 Å². The molecule has 0 saturated carbocycles. The van der Waals surface area contributed by atoms with Crippen molar-refractivity contribution in [1.29, 1.82) is 0 Å². The predicted molar refractivity (Wildman–Crippen MR) is 44.5 cm³/mol. The van der Waals surface area contributed by atoms with Crippen LogP contribution in [0.15, 0.2) is 5.38 Å². The molecule has 64 valence electrons. The van der Waals surface area contributed by atoms with Gasteiger partial charge in [0.05, 0.1) is 10.4 Å². The van der Waals surface area contributed by atoms with Gasteiger partial charge in [0.15, 0.2) is 0 Å². The van der Waals surface area contributed by atoms with Crippen LogP contribution in [0.2, 0.25) is 0 Å². The van der Waals surface area contributed by atoms with Crippen molar-refractivity contribution in [2.45, 2.75) is 6.92 Å². The van der Waals surface area contributed by atoms with E-state index in [9.17, 15) is 9.59 Å². The van der Waals surface area contributed by atoms with Crippen molar-refractivity contribution in [3.05, 3.63) is 21.4 Å². The van der Waals surface area contributed by atoms with Crippen LogP contribution in [-0.4, -0.2) is 17.0 Å². The number of carboxylic acid groups (broad SMARTS) is 1. The van der Waals surface area contributed by atoms with Crippen molar-refractivity contribution >= 4 is 23.2 Å². The molecular formula is C7H7NO3S. The summed E-state index contributed by atoms with van der Waals surface area (Å²) in [6.07, 6.45) is 0. The van der Waals surface area contributed by atoms with E-state index in [-0.39, 0.29) is 5.56 Å². The van der Waals surface area contributed by atoms with Crippen molar-refractivity contribution in [2.75, 3.05) is 0 Å². The van der Waals surface area contributed by atoms with Crippen molar-refractivity contribution in [1.82, 2.24) is 0 Å². The third-order valence-corrected chi connectivity index (χ3v) is 2.59. The van der Waals surface area contributed by atoms with Gasteiger partial charge in [-0.05, 0) is 12.5 Å². The molecule has 0 unspecified atom stereocenters. The van der Waals surface area contributed by atoms with Crippen LogP contribution in [0.3, 0.4) is 0 Å². The Morgan fingerprint density at radius 3 is 2.42 bits per heavy atom. The molecular weight excluding hydrogens is 178 g/mol. The van der Waals surface area contributed by atoms with Gasteiger partial charge < -0.3 is 10.8 Å². The number of thiophene rings is 1. The SMILES string of the molecule is Cc1c(C(=O)O)csc1C(N)=O. The van der Waals surface area contributed by atoms with E-state index in [0.717, 1.165) is 11.3 Å². The molecule has 0 aliphatic carbocycles. The zero-order valence-corrected chi connectivity index (χ0v) is 7.14. The summed E-state index contributed by atoms with van der Waals surface area (Å²) in [6, 6.07) is 0. The Hall–Kier alpha value is -1.36. The fourth-order valence-electron chi connectivity index (χ4n) is 0.871. The molecule has 0 atom stereocenters. The molecule has 0 fully saturated rings. The molecule has 0 spiro atoms. The molecule has 1 rings (SSSR count). The third-order valence-electron chi connectivity index (χ3n) is 1.49. The monoisotopic (exact) mass is 185 g/mol. The van der Waals surface area contributed by atoms with E-state index in [1.165, 1.54) is 5.38 Å². The van der Waals surface area contributed by atoms with Crippen LogP contribution in [0, 0.1) is 6.92 Å². The van der Waals surface area contributed by atoms with Gasteiger partial charge in [0.2, 0.25) is 0 Å². The maximum absolute atomic E-state index is 10.7. The second kappa shape index (κ2) is 2.94. The van der Waals surface area contributed by atoms with E-state index in [1.807, 2.05) is 0 Å². The summed E-state index contributed by atoms with van der Waals surface area (Å²) in [5.41, 5.74) is 5.60. The quantitative estimate of drug-likeness (QED) is 0.716. The van der Waals surface area contributed by atoms with Crippen LogP contribution in [0.4, 0.5) is 0 Å². The molecule has 1 aromatic heterocycles. The van der Waals surface area contributed by atoms with Gasteiger partial charge in [-0.3, -0.25) is 4.79 Å². The van der Waals surface area contributed by atoms with Gasteiger partial charge in [-0.25, -0.2) is 4.79 Å². The molecule has 5 heteroatoms. The number of carbonyl (C=O) groups excluding carboxylic acids is 1. The van der Waals surface area contributed by atoms with Gasteiger partial charge in [-0.2, -0.15) is 0 Å². The molecule has 0 saturated heterocycles. The van der Waals surface area contributed by atoms with Crippen LogP contribution in [0.25, 0.3) is 0 Å². The maximum atomic E-state index is 10.7. The molecule has 0 bridgehead atoms. The summed E-state index contributed by atoms with van der Waals surface area (Å²) in [6.45, 7) is 1.57. The van der Waals surface area contributed by atoms with E-state index in [0.29, 0.717) is 10.4 Å². The van der Waals surface area contributed by atoms with Crippen LogP contribution in [0.5, 0.6) is 0 Å². The zero-order valence-electron chi connectivity index (χ0n) is 6.33. The highest BCUT2D eigenvalue weighted by molar-refractivity contribution is 7.12. The average Bonchev–Trinajstić information content (AvgIpc) is 2.30. The lowest BCUT2D eigenvalue weighted by Gasteiger charge is -1.92. The first-order chi connectivity index (χ1) is 5.54. The van der Waals surface area contributed by atoms with Crippen LogP contribution in [-0.2, 0) is 0 Å². The minimum absolute atomic E-state index is 0.147. The molecule has 12 heavy (non-hydrogen) atoms. The second-order valence-electron chi connectivity index (χ2n) is 2.27. The normalized spacial score (nSPS) is 9.75. The van der Waals surface area contributed by atoms with Crippen molar-refractivity contribution < 1.29 is 14.7 Å². The number of carboxylic acids is 1. The minimum atomic E-state index is -1.03. The van der Waals surface area contributed by atoms with Gasteiger partial charge in [0.25, 0.3) is 5.91 Å². The Labute approximate surface area is 72.6 Å². The first-order valence-electron chi connectivity index (χ1n) is 3.15. The lowest BCUT2D eigenvalue weighted by Crippen LogP contribution is -2.10. The molecule has 0 radical (unpaired) electrons. The first-order valence-corrected chi connectivity index (χ1v) is 4.03. The lowest BCUT2D eigenvalue weighted by atomic mass is 10.2. The fourth-order valence-corrected chi connectivity index (χ4v) is 1.79. The first kappa shape index (κ1) is 8.73. The van der Waals surface area contributed by atoms with Crippen molar-refractivity contribution in [2.24, 2.45) is 5.73 Å². The Morgan fingerprint density at radius 2 is 2.17 bits per heavy atom. The predicted octanol–water partition coefficient (Wildman–Crippen LogP) is 0.854. The van der Waals surface area contributed by atoms with Gasteiger partial charge in [-0.1, -0.05) is 0 Å². The van der Waals surface area contributed by atoms with E-state index >= 15 is 0 Å². The van der Waals surface area contributed by atoms with Gasteiger partial charge in [0, 0.05) is 5.38 Å². The Kier molecular flexibility index (Phi) is 2.14. The maximum Gasteiger partial charge on any atom is 0.336 e. The third kappa shape index (κ3) is 1.31. The van der Waals surface area contributed by atoms with Gasteiger partial charge in [0.1, 0.15) is 0 Å². The van der Waals surface area contributed by atoms with Crippen molar-refractivity contribution in [3.63, 3.8) is 0 Å². The van der Waals surface area contributed by atoms with E-state index in [2.05, 4.69) is 0 Å². The average molecular weight is 185 g/mol. The fraction of sp³-hybridized carbons (Fsp3) is 0.143. The highest BCUT2D eigenvalue weighted by atomic mass is 32.1. The van der Waals surface area contributed by atoms with Crippen LogP contribution in [0.1, 0.15) is 25.6 Å². The Morgan fingerprint density at radius 1 is 1.58 bits per heavy atom. The molecule has 0 aliphatic heterocycles. The summed E-state index contributed by atoms with van der Waals surface area (Å²) < 4.78 is 0. The number of aromatic carboxylic acids is 1. The smallest absolute Gasteiger partial charge is 0.336 e. The Balaban J connectivity index is 3.22. The Bertz CT molecular complexity index is 311. The van der Waals surface area contributed by atoms with Crippen LogP contribution >= 0.6 is 11.3 Å². The summed E-state index contributed by atoms with van der Waals surface area (Å²) >= 11 is 1.06. The number of hydrogen-bond donors (Lipinski definition) is 2.